The van der Waals surface area contributed by atoms with Gasteiger partial charge in [0.1, 0.15) is 5.56 Å². The number of aromatic nitrogens is 4. The Labute approximate surface area is 135 Å². The van der Waals surface area contributed by atoms with Crippen molar-refractivity contribution in [3.8, 4) is 0 Å². The molecular weight excluding hydrogens is 314 g/mol. The summed E-state index contributed by atoms with van der Waals surface area (Å²) in [4.78, 5) is 31.9. The maximum atomic E-state index is 12.9. The summed E-state index contributed by atoms with van der Waals surface area (Å²) >= 11 is 1.37. The molecule has 1 aliphatic rings. The summed E-state index contributed by atoms with van der Waals surface area (Å²) in [6, 6.07) is -0.0289. The standard InChI is InChI=1S/C15H15N5O2S/c1-18-9-10(7-17-18)12-3-2-4-19(12)13(21)11-8-16-15-20(14(11)22)5-6-23-15/h5-9,12H,2-4H2,1H3/t12-/m0/s1. The normalized spacial score (nSPS) is 18.0. The van der Waals surface area contributed by atoms with Gasteiger partial charge in [-0.05, 0) is 12.8 Å². The van der Waals surface area contributed by atoms with Crippen molar-refractivity contribution in [2.75, 3.05) is 6.54 Å². The smallest absolute Gasteiger partial charge is 0.271 e. The van der Waals surface area contributed by atoms with Crippen molar-refractivity contribution in [2.45, 2.75) is 18.9 Å². The molecule has 1 amide bonds. The van der Waals surface area contributed by atoms with Gasteiger partial charge in [-0.15, -0.1) is 11.3 Å². The highest BCUT2D eigenvalue weighted by Crippen LogP contribution is 2.32. The monoisotopic (exact) mass is 329 g/mol. The molecule has 0 saturated carbocycles. The number of thiazole rings is 1. The molecule has 0 N–H and O–H groups in total. The molecule has 118 valence electrons. The third-order valence-corrected chi connectivity index (χ3v) is 4.97. The van der Waals surface area contributed by atoms with E-state index in [0.717, 1.165) is 18.4 Å². The van der Waals surface area contributed by atoms with Crippen LogP contribution in [0.1, 0.15) is 34.8 Å². The van der Waals surface area contributed by atoms with Crippen LogP contribution in [0.25, 0.3) is 4.96 Å². The molecule has 1 fully saturated rings. The van der Waals surface area contributed by atoms with Crippen molar-refractivity contribution in [1.29, 1.82) is 0 Å². The lowest BCUT2D eigenvalue weighted by Gasteiger charge is -2.23. The number of fused-ring (bicyclic) bond motifs is 1. The van der Waals surface area contributed by atoms with E-state index in [4.69, 9.17) is 0 Å². The minimum Gasteiger partial charge on any atom is -0.331 e. The van der Waals surface area contributed by atoms with Gasteiger partial charge in [0.15, 0.2) is 4.96 Å². The highest BCUT2D eigenvalue weighted by atomic mass is 32.1. The van der Waals surface area contributed by atoms with Gasteiger partial charge < -0.3 is 4.90 Å². The van der Waals surface area contributed by atoms with Crippen LogP contribution >= 0.6 is 11.3 Å². The van der Waals surface area contributed by atoms with E-state index in [1.165, 1.54) is 21.9 Å². The molecule has 0 aromatic carbocycles. The minimum atomic E-state index is -0.307. The Kier molecular flexibility index (Phi) is 3.26. The van der Waals surface area contributed by atoms with Gasteiger partial charge in [0.05, 0.1) is 12.2 Å². The fourth-order valence-electron chi connectivity index (χ4n) is 3.09. The number of carbonyl (C=O) groups is 1. The zero-order chi connectivity index (χ0) is 16.0. The first kappa shape index (κ1) is 14.1. The summed E-state index contributed by atoms with van der Waals surface area (Å²) in [5, 5.41) is 5.97. The molecule has 1 atom stereocenters. The first-order chi connectivity index (χ1) is 11.1. The minimum absolute atomic E-state index is 0.0289. The first-order valence-electron chi connectivity index (χ1n) is 7.39. The molecule has 1 aliphatic heterocycles. The molecule has 0 unspecified atom stereocenters. The van der Waals surface area contributed by atoms with Crippen molar-refractivity contribution >= 4 is 22.2 Å². The van der Waals surface area contributed by atoms with Gasteiger partial charge in [-0.25, -0.2) is 4.98 Å². The van der Waals surface area contributed by atoms with Gasteiger partial charge in [-0.2, -0.15) is 5.10 Å². The molecule has 3 aromatic heterocycles. The van der Waals surface area contributed by atoms with Crippen LogP contribution in [0.5, 0.6) is 0 Å². The predicted octanol–water partition coefficient (Wildman–Crippen LogP) is 1.47. The number of aryl methyl sites for hydroxylation is 1. The van der Waals surface area contributed by atoms with Gasteiger partial charge >= 0.3 is 0 Å². The largest absolute Gasteiger partial charge is 0.331 e. The maximum Gasteiger partial charge on any atom is 0.271 e. The van der Waals surface area contributed by atoms with Crippen LogP contribution in [0.3, 0.4) is 0 Å². The average Bonchev–Trinajstić information content (AvgIpc) is 3.26. The van der Waals surface area contributed by atoms with Crippen LogP contribution in [0.15, 0.2) is 35.0 Å². The van der Waals surface area contributed by atoms with Crippen molar-refractivity contribution < 1.29 is 4.79 Å². The Morgan fingerprint density at radius 3 is 3.04 bits per heavy atom. The fourth-order valence-corrected chi connectivity index (χ4v) is 3.77. The Balaban J connectivity index is 1.72. The van der Waals surface area contributed by atoms with Crippen molar-refractivity contribution in [1.82, 2.24) is 24.1 Å². The molecule has 0 bridgehead atoms. The molecular formula is C15H15N5O2S. The third kappa shape index (κ3) is 2.26. The van der Waals surface area contributed by atoms with Crippen molar-refractivity contribution in [3.63, 3.8) is 0 Å². The van der Waals surface area contributed by atoms with E-state index in [-0.39, 0.29) is 23.1 Å². The zero-order valence-electron chi connectivity index (χ0n) is 12.5. The summed E-state index contributed by atoms with van der Waals surface area (Å²) in [6.07, 6.45) is 8.55. The van der Waals surface area contributed by atoms with Gasteiger partial charge in [-0.1, -0.05) is 0 Å². The van der Waals surface area contributed by atoms with E-state index in [2.05, 4.69) is 10.1 Å². The number of hydrogen-bond acceptors (Lipinski definition) is 5. The summed E-state index contributed by atoms with van der Waals surface area (Å²) in [6.45, 7) is 0.643. The molecule has 0 aliphatic carbocycles. The topological polar surface area (TPSA) is 72.5 Å². The predicted molar refractivity (Wildman–Crippen MR) is 85.6 cm³/mol. The molecule has 1 saturated heterocycles. The number of amides is 1. The lowest BCUT2D eigenvalue weighted by Crippen LogP contribution is -2.35. The van der Waals surface area contributed by atoms with Crippen molar-refractivity contribution in [3.05, 3.63) is 51.6 Å². The van der Waals surface area contributed by atoms with Crippen LogP contribution in [-0.2, 0) is 7.05 Å². The first-order valence-corrected chi connectivity index (χ1v) is 8.27. The van der Waals surface area contributed by atoms with Crippen LogP contribution in [-0.4, -0.2) is 36.5 Å². The van der Waals surface area contributed by atoms with Crippen LogP contribution in [0.4, 0.5) is 0 Å². The van der Waals surface area contributed by atoms with E-state index in [1.807, 2.05) is 13.2 Å². The SMILES string of the molecule is Cn1cc([C@@H]2CCCN2C(=O)c2cnc3sccn3c2=O)cn1. The number of rotatable bonds is 2. The fraction of sp³-hybridized carbons (Fsp3) is 0.333. The van der Waals surface area contributed by atoms with Gasteiger partial charge in [0, 0.05) is 43.1 Å². The van der Waals surface area contributed by atoms with E-state index in [9.17, 15) is 9.59 Å². The number of nitrogens with zero attached hydrogens (tertiary/aromatic N) is 5. The molecule has 0 spiro atoms. The third-order valence-electron chi connectivity index (χ3n) is 4.20. The molecule has 0 radical (unpaired) electrons. The van der Waals surface area contributed by atoms with Crippen LogP contribution < -0.4 is 5.56 Å². The summed E-state index contributed by atoms with van der Waals surface area (Å²) in [5.41, 5.74) is 0.817. The number of carbonyl (C=O) groups excluding carboxylic acids is 1. The lowest BCUT2D eigenvalue weighted by atomic mass is 10.1. The van der Waals surface area contributed by atoms with Gasteiger partial charge in [-0.3, -0.25) is 18.7 Å². The van der Waals surface area contributed by atoms with Gasteiger partial charge in [0.2, 0.25) is 0 Å². The lowest BCUT2D eigenvalue weighted by molar-refractivity contribution is 0.0733. The second-order valence-electron chi connectivity index (χ2n) is 5.64. The van der Waals surface area contributed by atoms with Crippen LogP contribution in [0.2, 0.25) is 0 Å². The Morgan fingerprint density at radius 1 is 1.39 bits per heavy atom. The van der Waals surface area contributed by atoms with E-state index >= 15 is 0 Å². The van der Waals surface area contributed by atoms with Crippen LogP contribution in [0, 0.1) is 0 Å². The maximum absolute atomic E-state index is 12.9. The average molecular weight is 329 g/mol. The molecule has 3 aromatic rings. The second kappa shape index (κ2) is 5.31. The number of hydrogen-bond donors (Lipinski definition) is 0. The highest BCUT2D eigenvalue weighted by molar-refractivity contribution is 7.15. The summed E-state index contributed by atoms with van der Waals surface area (Å²) < 4.78 is 3.15. The van der Waals surface area contributed by atoms with Gasteiger partial charge in [0.25, 0.3) is 11.5 Å². The Hall–Kier alpha value is -2.48. The summed E-state index contributed by atoms with van der Waals surface area (Å²) in [5.74, 6) is -0.255. The highest BCUT2D eigenvalue weighted by Gasteiger charge is 2.32. The summed E-state index contributed by atoms with van der Waals surface area (Å²) in [7, 11) is 1.85. The van der Waals surface area contributed by atoms with Crippen molar-refractivity contribution in [2.24, 2.45) is 7.05 Å². The van der Waals surface area contributed by atoms with E-state index in [0.29, 0.717) is 11.5 Å². The molecule has 4 rings (SSSR count). The van der Waals surface area contributed by atoms with E-state index < -0.39 is 0 Å². The molecule has 23 heavy (non-hydrogen) atoms. The second-order valence-corrected chi connectivity index (χ2v) is 6.51. The van der Waals surface area contributed by atoms with E-state index in [1.54, 1.807) is 27.4 Å². The molecule has 7 nitrogen and oxygen atoms in total. The Bertz CT molecular complexity index is 941. The molecule has 8 heteroatoms. The molecule has 4 heterocycles. The number of likely N-dealkylation sites (tertiary alicyclic amines) is 1. The quantitative estimate of drug-likeness (QED) is 0.714. The zero-order valence-corrected chi connectivity index (χ0v) is 13.4. The Morgan fingerprint density at radius 2 is 2.26 bits per heavy atom.